The SMILES string of the molecule is NCCCC[C@H](NC(CCc1ccc(CNS(=O)(=O)c2cc3c(cc2Cl)NCNS3)cc1)C(=O)O)C(=O)N1CCC[C@H]1C(=O)O. The fourth-order valence-corrected chi connectivity index (χ4v) is 7.74. The van der Waals surface area contributed by atoms with Gasteiger partial charge >= 0.3 is 11.9 Å². The fourth-order valence-electron chi connectivity index (χ4n) is 5.38. The van der Waals surface area contributed by atoms with Crippen molar-refractivity contribution in [1.29, 1.82) is 0 Å². The van der Waals surface area contributed by atoms with E-state index in [0.29, 0.717) is 63.8 Å². The highest BCUT2D eigenvalue weighted by Gasteiger charge is 2.38. The number of unbranched alkanes of at least 4 members (excludes halogenated alkanes) is 1. The lowest BCUT2D eigenvalue weighted by atomic mass is 10.0. The highest BCUT2D eigenvalue weighted by molar-refractivity contribution is 7.97. The maximum atomic E-state index is 13.3. The molecule has 1 fully saturated rings. The van der Waals surface area contributed by atoms with Gasteiger partial charge in [0.1, 0.15) is 17.0 Å². The molecule has 0 spiro atoms. The largest absolute Gasteiger partial charge is 0.480 e. The number of nitrogens with one attached hydrogen (secondary N) is 4. The number of rotatable bonds is 16. The molecule has 8 N–H and O–H groups in total. The van der Waals surface area contributed by atoms with E-state index in [9.17, 15) is 33.0 Å². The molecule has 1 saturated heterocycles. The molecule has 16 heteroatoms. The van der Waals surface area contributed by atoms with Gasteiger partial charge in [-0.2, -0.15) is 0 Å². The van der Waals surface area contributed by atoms with Crippen LogP contribution in [0, 0.1) is 0 Å². The van der Waals surface area contributed by atoms with Crippen LogP contribution in [-0.2, 0) is 37.4 Å². The molecule has 0 saturated carbocycles. The van der Waals surface area contributed by atoms with Gasteiger partial charge in [-0.15, -0.1) is 0 Å². The van der Waals surface area contributed by atoms with E-state index in [1.807, 2.05) is 0 Å². The molecule has 2 aliphatic rings. The number of hydrogen-bond acceptors (Lipinski definition) is 10. The quantitative estimate of drug-likeness (QED) is 0.101. The van der Waals surface area contributed by atoms with Crippen molar-refractivity contribution in [3.8, 4) is 0 Å². The molecule has 1 amide bonds. The van der Waals surface area contributed by atoms with E-state index >= 15 is 0 Å². The van der Waals surface area contributed by atoms with Gasteiger partial charge in [0.15, 0.2) is 0 Å². The van der Waals surface area contributed by atoms with Gasteiger partial charge in [-0.1, -0.05) is 42.3 Å². The third-order valence-electron chi connectivity index (χ3n) is 7.83. The summed E-state index contributed by atoms with van der Waals surface area (Å²) in [5.74, 6) is -2.58. The minimum absolute atomic E-state index is 0.0206. The summed E-state index contributed by atoms with van der Waals surface area (Å²) in [6.45, 7) is 1.31. The summed E-state index contributed by atoms with van der Waals surface area (Å²) in [6, 6.07) is 7.43. The van der Waals surface area contributed by atoms with Gasteiger partial charge in [-0.25, -0.2) is 22.7 Å². The third kappa shape index (κ3) is 9.31. The number of carboxylic acid groups (broad SMARTS) is 2. The van der Waals surface area contributed by atoms with Crippen molar-refractivity contribution in [2.24, 2.45) is 5.73 Å². The molecule has 3 atom stereocenters. The molecule has 0 bridgehead atoms. The summed E-state index contributed by atoms with van der Waals surface area (Å²) in [7, 11) is -3.90. The van der Waals surface area contributed by atoms with E-state index < -0.39 is 46.0 Å². The number of amides is 1. The Morgan fingerprint density at radius 2 is 1.82 bits per heavy atom. The second-order valence-corrected chi connectivity index (χ2v) is 14.1. The summed E-state index contributed by atoms with van der Waals surface area (Å²) in [4.78, 5) is 39.2. The number of aliphatic carboxylic acids is 2. The molecule has 45 heavy (non-hydrogen) atoms. The summed E-state index contributed by atoms with van der Waals surface area (Å²) in [6.07, 6.45) is 3.10. The predicted molar refractivity (Wildman–Crippen MR) is 171 cm³/mol. The Bertz CT molecular complexity index is 1480. The van der Waals surface area contributed by atoms with E-state index in [1.54, 1.807) is 30.3 Å². The normalized spacial score (nSPS) is 17.7. The molecule has 0 radical (unpaired) electrons. The van der Waals surface area contributed by atoms with Gasteiger partial charge in [-0.05, 0) is 80.3 Å². The van der Waals surface area contributed by atoms with Crippen molar-refractivity contribution < 1.29 is 33.0 Å². The number of carboxylic acids is 2. The Morgan fingerprint density at radius 3 is 2.51 bits per heavy atom. The predicted octanol–water partition coefficient (Wildman–Crippen LogP) is 2.35. The zero-order valence-electron chi connectivity index (χ0n) is 24.6. The first-order valence-electron chi connectivity index (χ1n) is 14.8. The number of fused-ring (bicyclic) bond motifs is 1. The molecule has 13 nitrogen and oxygen atoms in total. The Hall–Kier alpha value is -2.92. The molecule has 0 aromatic heterocycles. The van der Waals surface area contributed by atoms with Gasteiger partial charge < -0.3 is 26.2 Å². The minimum Gasteiger partial charge on any atom is -0.480 e. The molecular formula is C29H39ClN6O7S2. The molecule has 2 aromatic carbocycles. The van der Waals surface area contributed by atoms with Gasteiger partial charge in [-0.3, -0.25) is 14.9 Å². The van der Waals surface area contributed by atoms with Gasteiger partial charge in [0, 0.05) is 18.0 Å². The van der Waals surface area contributed by atoms with Crippen LogP contribution in [0.4, 0.5) is 5.69 Å². The fraction of sp³-hybridized carbons (Fsp3) is 0.483. The van der Waals surface area contributed by atoms with Gasteiger partial charge in [0.25, 0.3) is 0 Å². The molecule has 4 rings (SSSR count). The average Bonchev–Trinajstić information content (AvgIpc) is 3.51. The van der Waals surface area contributed by atoms with Crippen LogP contribution in [0.1, 0.15) is 49.7 Å². The van der Waals surface area contributed by atoms with Crippen molar-refractivity contribution >= 4 is 57.1 Å². The van der Waals surface area contributed by atoms with Crippen molar-refractivity contribution in [1.82, 2.24) is 19.7 Å². The van der Waals surface area contributed by atoms with Crippen molar-refractivity contribution in [3.63, 3.8) is 0 Å². The number of anilines is 1. The average molecular weight is 683 g/mol. The van der Waals surface area contributed by atoms with Crippen LogP contribution in [0.2, 0.25) is 5.02 Å². The monoisotopic (exact) mass is 682 g/mol. The number of carbonyl (C=O) groups is 3. The Kier molecular flexibility index (Phi) is 12.5. The van der Waals surface area contributed by atoms with Crippen LogP contribution in [-0.4, -0.2) is 79.3 Å². The number of nitrogens with two attached hydrogens (primary N) is 1. The topological polar surface area (TPSA) is 203 Å². The summed E-state index contributed by atoms with van der Waals surface area (Å²) < 4.78 is 31.6. The first-order chi connectivity index (χ1) is 21.5. The maximum Gasteiger partial charge on any atom is 0.326 e. The number of likely N-dealkylation sites (tertiary alicyclic amines) is 1. The van der Waals surface area contributed by atoms with E-state index in [-0.39, 0.29) is 22.9 Å². The molecule has 2 aliphatic heterocycles. The molecular weight excluding hydrogens is 644 g/mol. The molecule has 1 unspecified atom stereocenters. The first-order valence-corrected chi connectivity index (χ1v) is 17.4. The summed E-state index contributed by atoms with van der Waals surface area (Å²) >= 11 is 7.60. The van der Waals surface area contributed by atoms with Crippen LogP contribution in [0.15, 0.2) is 46.2 Å². The molecule has 0 aliphatic carbocycles. The number of benzene rings is 2. The Morgan fingerprint density at radius 1 is 1.09 bits per heavy atom. The second-order valence-electron chi connectivity index (χ2n) is 11.0. The van der Waals surface area contributed by atoms with Gasteiger partial charge in [0.05, 0.1) is 23.4 Å². The lowest BCUT2D eigenvalue weighted by Gasteiger charge is -2.29. The van der Waals surface area contributed by atoms with Crippen molar-refractivity contribution in [2.45, 2.75) is 79.4 Å². The minimum atomic E-state index is -3.90. The Labute approximate surface area is 271 Å². The van der Waals surface area contributed by atoms with Crippen molar-refractivity contribution in [3.05, 3.63) is 52.5 Å². The number of sulfonamides is 1. The molecule has 2 aromatic rings. The molecule has 246 valence electrons. The second kappa shape index (κ2) is 16.1. The number of hydrogen-bond donors (Lipinski definition) is 7. The van der Waals surface area contributed by atoms with E-state index in [2.05, 4.69) is 20.1 Å². The van der Waals surface area contributed by atoms with Gasteiger partial charge in [0.2, 0.25) is 15.9 Å². The summed E-state index contributed by atoms with van der Waals surface area (Å²) in [5.41, 5.74) is 7.90. The number of aryl methyl sites for hydroxylation is 1. The lowest BCUT2D eigenvalue weighted by Crippen LogP contribution is -2.54. The van der Waals surface area contributed by atoms with Crippen LogP contribution < -0.4 is 25.8 Å². The summed E-state index contributed by atoms with van der Waals surface area (Å²) in [5, 5.41) is 25.7. The van der Waals surface area contributed by atoms with E-state index in [1.165, 1.54) is 22.9 Å². The van der Waals surface area contributed by atoms with Crippen LogP contribution in [0.25, 0.3) is 0 Å². The standard InChI is InChI=1S/C29H39ClN6O7S2/c30-20-14-23-25(44-33-17-32-23)15-26(20)45(42,43)34-16-19-8-6-18(7-9-19)10-11-22(28(38)39)35-21(4-1-2-12-31)27(37)36-13-3-5-24(36)29(40)41/h6-9,14-15,21-22,24,32-35H,1-5,10-13,16-17,31H2,(H,38,39)(H,40,41)/t21-,22?,24-/m0/s1. The highest BCUT2D eigenvalue weighted by Crippen LogP contribution is 2.35. The van der Waals surface area contributed by atoms with Crippen molar-refractivity contribution in [2.75, 3.05) is 25.1 Å². The molecule has 2 heterocycles. The Balaban J connectivity index is 1.35. The van der Waals surface area contributed by atoms with E-state index in [0.717, 1.165) is 16.1 Å². The number of nitrogens with zero attached hydrogens (tertiary/aromatic N) is 1. The maximum absolute atomic E-state index is 13.3. The number of carbonyl (C=O) groups excluding carboxylic acids is 1. The highest BCUT2D eigenvalue weighted by atomic mass is 35.5. The third-order valence-corrected chi connectivity index (χ3v) is 10.5. The van der Waals surface area contributed by atoms with E-state index in [4.69, 9.17) is 17.3 Å². The lowest BCUT2D eigenvalue weighted by molar-refractivity contribution is -0.149. The van der Waals surface area contributed by atoms with Crippen LogP contribution in [0.5, 0.6) is 0 Å². The van der Waals surface area contributed by atoms with Crippen LogP contribution >= 0.6 is 23.5 Å². The zero-order valence-corrected chi connectivity index (χ0v) is 27.0. The zero-order chi connectivity index (χ0) is 32.6. The smallest absolute Gasteiger partial charge is 0.326 e. The van der Waals surface area contributed by atoms with Crippen LogP contribution in [0.3, 0.4) is 0 Å². The first kappa shape index (κ1) is 34.9. The number of halogens is 1.